The summed E-state index contributed by atoms with van der Waals surface area (Å²) in [5.41, 5.74) is 0. The number of nitrogens with zero attached hydrogens (tertiary/aromatic N) is 4. The van der Waals surface area contributed by atoms with Crippen LogP contribution >= 0.6 is 11.6 Å². The van der Waals surface area contributed by atoms with Gasteiger partial charge in [0, 0.05) is 19.0 Å². The number of alkyl halides is 1. The van der Waals surface area contributed by atoms with Crippen LogP contribution in [0.3, 0.4) is 0 Å². The third-order valence-electron chi connectivity index (χ3n) is 2.95. The normalized spacial score (nSPS) is 26.5. The van der Waals surface area contributed by atoms with E-state index < -0.39 is 0 Å². The Kier molecular flexibility index (Phi) is 3.41. The van der Waals surface area contributed by atoms with Crippen molar-refractivity contribution in [2.24, 2.45) is 13.0 Å². The highest BCUT2D eigenvalue weighted by atomic mass is 35.5. The molecule has 1 aliphatic rings. The van der Waals surface area contributed by atoms with Crippen LogP contribution in [0.25, 0.3) is 0 Å². The maximum absolute atomic E-state index is 6.05. The number of halogens is 1. The van der Waals surface area contributed by atoms with E-state index >= 15 is 0 Å². The van der Waals surface area contributed by atoms with Crippen LogP contribution in [0.4, 0.5) is 5.95 Å². The Bertz CT molecular complexity index is 305. The maximum Gasteiger partial charge on any atom is 0.242 e. The Morgan fingerprint density at radius 2 is 2.13 bits per heavy atom. The van der Waals surface area contributed by atoms with Gasteiger partial charge in [-0.25, -0.2) is 4.68 Å². The van der Waals surface area contributed by atoms with Gasteiger partial charge in [0.15, 0.2) is 0 Å². The van der Waals surface area contributed by atoms with Crippen molar-refractivity contribution in [2.75, 3.05) is 11.9 Å². The summed E-state index contributed by atoms with van der Waals surface area (Å²) in [5, 5.41) is 14.9. The van der Waals surface area contributed by atoms with E-state index in [9.17, 15) is 0 Å². The van der Waals surface area contributed by atoms with Crippen molar-refractivity contribution >= 4 is 17.5 Å². The van der Waals surface area contributed by atoms with Crippen LogP contribution in [0, 0.1) is 5.92 Å². The van der Waals surface area contributed by atoms with Crippen molar-refractivity contribution in [3.8, 4) is 0 Å². The summed E-state index contributed by atoms with van der Waals surface area (Å²) in [4.78, 5) is 0. The van der Waals surface area contributed by atoms with Gasteiger partial charge < -0.3 is 5.32 Å². The van der Waals surface area contributed by atoms with Crippen LogP contribution in [0.5, 0.6) is 0 Å². The second-order valence-corrected chi connectivity index (χ2v) is 4.74. The Morgan fingerprint density at radius 3 is 2.73 bits per heavy atom. The van der Waals surface area contributed by atoms with Crippen LogP contribution in [-0.4, -0.2) is 32.1 Å². The molecule has 0 amide bonds. The van der Waals surface area contributed by atoms with Gasteiger partial charge in [0.2, 0.25) is 5.95 Å². The minimum absolute atomic E-state index is 0.387. The zero-order valence-electron chi connectivity index (χ0n) is 8.86. The SMILES string of the molecule is Cn1nnnc1NCC1CCC(Cl)CC1. The van der Waals surface area contributed by atoms with Crippen molar-refractivity contribution in [2.45, 2.75) is 31.1 Å². The Morgan fingerprint density at radius 1 is 1.40 bits per heavy atom. The molecule has 0 unspecified atom stereocenters. The molecule has 0 saturated heterocycles. The zero-order valence-corrected chi connectivity index (χ0v) is 9.61. The molecule has 0 bridgehead atoms. The lowest BCUT2D eigenvalue weighted by Gasteiger charge is -2.24. The highest BCUT2D eigenvalue weighted by molar-refractivity contribution is 6.20. The summed E-state index contributed by atoms with van der Waals surface area (Å²) in [5.74, 6) is 1.44. The number of nitrogens with one attached hydrogen (secondary N) is 1. The third kappa shape index (κ3) is 2.81. The van der Waals surface area contributed by atoms with Gasteiger partial charge in [0.1, 0.15) is 0 Å². The van der Waals surface area contributed by atoms with Gasteiger partial charge >= 0.3 is 0 Å². The van der Waals surface area contributed by atoms with Crippen molar-refractivity contribution in [1.82, 2.24) is 20.2 Å². The zero-order chi connectivity index (χ0) is 10.7. The van der Waals surface area contributed by atoms with E-state index in [0.717, 1.165) is 25.3 Å². The lowest BCUT2D eigenvalue weighted by Crippen LogP contribution is -2.22. The van der Waals surface area contributed by atoms with E-state index in [2.05, 4.69) is 20.8 Å². The molecule has 0 atom stereocenters. The van der Waals surface area contributed by atoms with Crippen molar-refractivity contribution in [3.05, 3.63) is 0 Å². The van der Waals surface area contributed by atoms with Crippen LogP contribution in [0.2, 0.25) is 0 Å². The van der Waals surface area contributed by atoms with E-state index in [1.807, 2.05) is 7.05 Å². The van der Waals surface area contributed by atoms with Gasteiger partial charge in [-0.3, -0.25) is 0 Å². The fraction of sp³-hybridized carbons (Fsp3) is 0.889. The molecule has 2 rings (SSSR count). The highest BCUT2D eigenvalue weighted by Crippen LogP contribution is 2.27. The molecule has 1 heterocycles. The Hall–Kier alpha value is -0.840. The quantitative estimate of drug-likeness (QED) is 0.797. The van der Waals surface area contributed by atoms with Crippen molar-refractivity contribution in [1.29, 1.82) is 0 Å². The first-order valence-electron chi connectivity index (χ1n) is 5.36. The maximum atomic E-state index is 6.05. The average Bonchev–Trinajstić information content (AvgIpc) is 2.63. The summed E-state index contributed by atoms with van der Waals surface area (Å²) in [6.45, 7) is 0.942. The molecule has 1 N–H and O–H groups in total. The predicted octanol–water partition coefficient (Wildman–Crippen LogP) is 1.42. The third-order valence-corrected chi connectivity index (χ3v) is 3.38. The number of rotatable bonds is 3. The number of hydrogen-bond acceptors (Lipinski definition) is 4. The molecule has 1 fully saturated rings. The number of aromatic nitrogens is 4. The summed E-state index contributed by atoms with van der Waals surface area (Å²) in [7, 11) is 1.83. The van der Waals surface area contributed by atoms with E-state index in [0.29, 0.717) is 11.3 Å². The molecular weight excluding hydrogens is 214 g/mol. The molecule has 84 valence electrons. The summed E-state index contributed by atoms with van der Waals surface area (Å²) >= 11 is 6.05. The van der Waals surface area contributed by atoms with E-state index in [1.165, 1.54) is 12.8 Å². The van der Waals surface area contributed by atoms with Crippen LogP contribution in [-0.2, 0) is 7.05 Å². The second kappa shape index (κ2) is 4.79. The van der Waals surface area contributed by atoms with Gasteiger partial charge in [0.05, 0.1) is 0 Å². The largest absolute Gasteiger partial charge is 0.353 e. The van der Waals surface area contributed by atoms with Gasteiger partial charge in [-0.05, 0) is 42.0 Å². The molecule has 1 aliphatic carbocycles. The minimum atomic E-state index is 0.387. The molecule has 15 heavy (non-hydrogen) atoms. The van der Waals surface area contributed by atoms with Gasteiger partial charge in [-0.2, -0.15) is 0 Å². The number of hydrogen-bond donors (Lipinski definition) is 1. The van der Waals surface area contributed by atoms with Gasteiger partial charge in [-0.1, -0.05) is 5.10 Å². The monoisotopic (exact) mass is 229 g/mol. The first kappa shape index (κ1) is 10.7. The molecule has 1 saturated carbocycles. The summed E-state index contributed by atoms with van der Waals surface area (Å²) in [6.07, 6.45) is 4.66. The first-order valence-corrected chi connectivity index (χ1v) is 5.79. The molecule has 6 heteroatoms. The first-order chi connectivity index (χ1) is 7.25. The second-order valence-electron chi connectivity index (χ2n) is 4.13. The van der Waals surface area contributed by atoms with E-state index in [4.69, 9.17) is 11.6 Å². The average molecular weight is 230 g/mol. The minimum Gasteiger partial charge on any atom is -0.353 e. The lowest BCUT2D eigenvalue weighted by atomic mass is 9.89. The predicted molar refractivity (Wildman–Crippen MR) is 58.9 cm³/mol. The van der Waals surface area contributed by atoms with Crippen LogP contribution in [0.15, 0.2) is 0 Å². The highest BCUT2D eigenvalue weighted by Gasteiger charge is 2.19. The molecule has 0 radical (unpaired) electrons. The standard InChI is InChI=1S/C9H16ClN5/c1-15-9(12-13-14-15)11-6-7-2-4-8(10)5-3-7/h7-8H,2-6H2,1H3,(H,11,12,14). The molecule has 0 spiro atoms. The summed E-state index contributed by atoms with van der Waals surface area (Å²) < 4.78 is 1.65. The molecule has 0 aromatic carbocycles. The topological polar surface area (TPSA) is 55.6 Å². The Balaban J connectivity index is 1.77. The van der Waals surface area contributed by atoms with E-state index in [1.54, 1.807) is 4.68 Å². The van der Waals surface area contributed by atoms with Crippen LogP contribution < -0.4 is 5.32 Å². The van der Waals surface area contributed by atoms with Crippen LogP contribution in [0.1, 0.15) is 25.7 Å². The number of anilines is 1. The molecular formula is C9H16ClN5. The molecule has 5 nitrogen and oxygen atoms in total. The van der Waals surface area contributed by atoms with Crippen molar-refractivity contribution in [3.63, 3.8) is 0 Å². The molecule has 1 aromatic heterocycles. The smallest absolute Gasteiger partial charge is 0.242 e. The molecule has 1 aromatic rings. The number of aryl methyl sites for hydroxylation is 1. The molecule has 0 aliphatic heterocycles. The van der Waals surface area contributed by atoms with Gasteiger partial charge in [0.25, 0.3) is 0 Å². The number of tetrazole rings is 1. The fourth-order valence-electron chi connectivity index (χ4n) is 1.94. The fourth-order valence-corrected chi connectivity index (χ4v) is 2.19. The van der Waals surface area contributed by atoms with Gasteiger partial charge in [-0.15, -0.1) is 11.6 Å². The Labute approximate surface area is 94.2 Å². The summed E-state index contributed by atoms with van der Waals surface area (Å²) in [6, 6.07) is 0. The lowest BCUT2D eigenvalue weighted by molar-refractivity contribution is 0.377. The van der Waals surface area contributed by atoms with E-state index in [-0.39, 0.29) is 0 Å². The van der Waals surface area contributed by atoms with Crippen molar-refractivity contribution < 1.29 is 0 Å².